The molecular weight excluding hydrogens is 140 g/mol. The molecule has 0 bridgehead atoms. The molecule has 0 spiro atoms. The Morgan fingerprint density at radius 3 is 2.27 bits per heavy atom. The highest BCUT2D eigenvalue weighted by molar-refractivity contribution is 4.75. The van der Waals surface area contributed by atoms with Crippen molar-refractivity contribution in [3.8, 4) is 0 Å². The molecule has 0 aromatic heterocycles. The van der Waals surface area contributed by atoms with Gasteiger partial charge in [0, 0.05) is 18.6 Å². The summed E-state index contributed by atoms with van der Waals surface area (Å²) >= 11 is 0. The lowest BCUT2D eigenvalue weighted by atomic mass is 10.1. The van der Waals surface area contributed by atoms with Gasteiger partial charge in [-0.05, 0) is 27.9 Å². The van der Waals surface area contributed by atoms with Gasteiger partial charge in [0.15, 0.2) is 0 Å². The van der Waals surface area contributed by atoms with Gasteiger partial charge in [-0.1, -0.05) is 0 Å². The van der Waals surface area contributed by atoms with Crippen LogP contribution in [-0.4, -0.2) is 49.3 Å². The Hall–Kier alpha value is -0.120. The van der Waals surface area contributed by atoms with E-state index < -0.39 is 0 Å². The average molecular weight is 160 g/mol. The molecule has 3 heteroatoms. The van der Waals surface area contributed by atoms with Gasteiger partial charge < -0.3 is 15.3 Å². The third-order valence-electron chi connectivity index (χ3n) is 1.56. The van der Waals surface area contributed by atoms with Gasteiger partial charge in [-0.2, -0.15) is 0 Å². The summed E-state index contributed by atoms with van der Waals surface area (Å²) in [5.41, 5.74) is -0.143. The van der Waals surface area contributed by atoms with Crippen LogP contribution >= 0.6 is 0 Å². The van der Waals surface area contributed by atoms with Crippen molar-refractivity contribution in [3.05, 3.63) is 0 Å². The second kappa shape index (κ2) is 4.70. The second-order valence-electron chi connectivity index (χ2n) is 3.77. The van der Waals surface area contributed by atoms with Gasteiger partial charge in [-0.3, -0.25) is 0 Å². The molecule has 3 nitrogen and oxygen atoms in total. The SMILES string of the molecule is CN(C)CCNC(C)(C)CO. The molecule has 2 N–H and O–H groups in total. The molecule has 0 radical (unpaired) electrons. The molecule has 0 saturated heterocycles. The summed E-state index contributed by atoms with van der Waals surface area (Å²) in [5, 5.41) is 12.1. The number of aliphatic hydroxyl groups excluding tert-OH is 1. The fourth-order valence-corrected chi connectivity index (χ4v) is 0.674. The largest absolute Gasteiger partial charge is 0.394 e. The van der Waals surface area contributed by atoms with Crippen molar-refractivity contribution in [1.29, 1.82) is 0 Å². The van der Waals surface area contributed by atoms with Crippen LogP contribution < -0.4 is 5.32 Å². The Bertz CT molecular complexity index is 102. The van der Waals surface area contributed by atoms with Gasteiger partial charge in [0.1, 0.15) is 0 Å². The predicted molar refractivity (Wildman–Crippen MR) is 47.7 cm³/mol. The summed E-state index contributed by atoms with van der Waals surface area (Å²) in [4.78, 5) is 2.11. The first-order valence-corrected chi connectivity index (χ1v) is 3.98. The number of likely N-dealkylation sites (N-methyl/N-ethyl adjacent to an activating group) is 1. The summed E-state index contributed by atoms with van der Waals surface area (Å²) in [6, 6.07) is 0. The molecule has 0 heterocycles. The maximum atomic E-state index is 8.88. The van der Waals surface area contributed by atoms with Gasteiger partial charge in [-0.25, -0.2) is 0 Å². The van der Waals surface area contributed by atoms with E-state index in [9.17, 15) is 0 Å². The average Bonchev–Trinajstić information content (AvgIpc) is 1.87. The number of hydrogen-bond acceptors (Lipinski definition) is 3. The fourth-order valence-electron chi connectivity index (χ4n) is 0.674. The maximum absolute atomic E-state index is 8.88. The lowest BCUT2D eigenvalue weighted by molar-refractivity contribution is 0.185. The topological polar surface area (TPSA) is 35.5 Å². The molecule has 11 heavy (non-hydrogen) atoms. The lowest BCUT2D eigenvalue weighted by Crippen LogP contribution is -2.45. The van der Waals surface area contributed by atoms with Crippen molar-refractivity contribution >= 4 is 0 Å². The van der Waals surface area contributed by atoms with E-state index in [1.807, 2.05) is 27.9 Å². The summed E-state index contributed by atoms with van der Waals surface area (Å²) in [5.74, 6) is 0. The number of nitrogens with one attached hydrogen (secondary N) is 1. The van der Waals surface area contributed by atoms with Crippen LogP contribution in [0, 0.1) is 0 Å². The lowest BCUT2D eigenvalue weighted by Gasteiger charge is -2.24. The van der Waals surface area contributed by atoms with Crippen LogP contribution in [0.25, 0.3) is 0 Å². The molecule has 0 saturated carbocycles. The van der Waals surface area contributed by atoms with E-state index in [1.165, 1.54) is 0 Å². The Balaban J connectivity index is 3.38. The standard InChI is InChI=1S/C8H20N2O/c1-8(2,7-11)9-5-6-10(3)4/h9,11H,5-7H2,1-4H3. The summed E-state index contributed by atoms with van der Waals surface area (Å²) in [6.45, 7) is 6.08. The highest BCUT2D eigenvalue weighted by Crippen LogP contribution is 1.97. The number of rotatable bonds is 5. The summed E-state index contributed by atoms with van der Waals surface area (Å²) < 4.78 is 0. The van der Waals surface area contributed by atoms with Crippen molar-refractivity contribution in [2.75, 3.05) is 33.8 Å². The highest BCUT2D eigenvalue weighted by Gasteiger charge is 2.13. The monoisotopic (exact) mass is 160 g/mol. The van der Waals surface area contributed by atoms with Crippen LogP contribution in [0.15, 0.2) is 0 Å². The zero-order chi connectivity index (χ0) is 8.91. The molecular formula is C8H20N2O. The Morgan fingerprint density at radius 1 is 1.36 bits per heavy atom. The Kier molecular flexibility index (Phi) is 4.65. The zero-order valence-corrected chi connectivity index (χ0v) is 8.02. The second-order valence-corrected chi connectivity index (χ2v) is 3.77. The first kappa shape index (κ1) is 10.9. The van der Waals surface area contributed by atoms with Gasteiger partial charge in [0.05, 0.1) is 6.61 Å². The summed E-state index contributed by atoms with van der Waals surface area (Å²) in [6.07, 6.45) is 0. The Morgan fingerprint density at radius 2 is 1.91 bits per heavy atom. The predicted octanol–water partition coefficient (Wildman–Crippen LogP) is -0.0915. The first-order chi connectivity index (χ1) is 4.98. The van der Waals surface area contributed by atoms with Gasteiger partial charge in [0.2, 0.25) is 0 Å². The normalized spacial score (nSPS) is 12.5. The molecule has 0 amide bonds. The molecule has 0 aromatic rings. The third-order valence-corrected chi connectivity index (χ3v) is 1.56. The van der Waals surface area contributed by atoms with Crippen molar-refractivity contribution in [2.45, 2.75) is 19.4 Å². The minimum absolute atomic E-state index is 0.143. The number of aliphatic hydroxyl groups is 1. The molecule has 0 aromatic carbocycles. The van der Waals surface area contributed by atoms with E-state index in [1.54, 1.807) is 0 Å². The molecule has 0 rings (SSSR count). The molecule has 68 valence electrons. The van der Waals surface area contributed by atoms with E-state index in [-0.39, 0.29) is 12.1 Å². The Labute approximate surface area is 69.4 Å². The molecule has 0 aliphatic rings. The van der Waals surface area contributed by atoms with E-state index >= 15 is 0 Å². The zero-order valence-electron chi connectivity index (χ0n) is 8.02. The van der Waals surface area contributed by atoms with Gasteiger partial charge in [0.25, 0.3) is 0 Å². The molecule has 0 aliphatic carbocycles. The molecule has 0 atom stereocenters. The van der Waals surface area contributed by atoms with E-state index in [4.69, 9.17) is 5.11 Å². The molecule has 0 aliphatic heterocycles. The maximum Gasteiger partial charge on any atom is 0.0607 e. The van der Waals surface area contributed by atoms with Crippen LogP contribution in [0.5, 0.6) is 0 Å². The summed E-state index contributed by atoms with van der Waals surface area (Å²) in [7, 11) is 4.07. The number of hydrogen-bond donors (Lipinski definition) is 2. The molecule has 0 unspecified atom stereocenters. The van der Waals surface area contributed by atoms with Crippen LogP contribution in [0.3, 0.4) is 0 Å². The third kappa shape index (κ3) is 6.28. The minimum Gasteiger partial charge on any atom is -0.394 e. The van der Waals surface area contributed by atoms with Crippen LogP contribution in [0.4, 0.5) is 0 Å². The first-order valence-electron chi connectivity index (χ1n) is 3.98. The minimum atomic E-state index is -0.143. The quantitative estimate of drug-likeness (QED) is 0.590. The smallest absolute Gasteiger partial charge is 0.0607 e. The number of nitrogens with zero attached hydrogens (tertiary/aromatic N) is 1. The van der Waals surface area contributed by atoms with Crippen LogP contribution in [0.2, 0.25) is 0 Å². The van der Waals surface area contributed by atoms with E-state index in [0.717, 1.165) is 13.1 Å². The van der Waals surface area contributed by atoms with Crippen molar-refractivity contribution in [2.24, 2.45) is 0 Å². The fraction of sp³-hybridized carbons (Fsp3) is 1.00. The highest BCUT2D eigenvalue weighted by atomic mass is 16.3. The van der Waals surface area contributed by atoms with Crippen molar-refractivity contribution in [3.63, 3.8) is 0 Å². The van der Waals surface area contributed by atoms with Gasteiger partial charge in [-0.15, -0.1) is 0 Å². The van der Waals surface area contributed by atoms with Crippen LogP contribution in [-0.2, 0) is 0 Å². The molecule has 0 fully saturated rings. The van der Waals surface area contributed by atoms with E-state index in [2.05, 4.69) is 10.2 Å². The van der Waals surface area contributed by atoms with Crippen molar-refractivity contribution < 1.29 is 5.11 Å². The van der Waals surface area contributed by atoms with Gasteiger partial charge >= 0.3 is 0 Å². The van der Waals surface area contributed by atoms with E-state index in [0.29, 0.717) is 0 Å². The van der Waals surface area contributed by atoms with Crippen LogP contribution in [0.1, 0.15) is 13.8 Å². The van der Waals surface area contributed by atoms with Crippen molar-refractivity contribution in [1.82, 2.24) is 10.2 Å².